The summed E-state index contributed by atoms with van der Waals surface area (Å²) in [6, 6.07) is 18.6. The SMILES string of the molecule is NOc1ccccc1P(C1=CCCC=C1)c1ccccc1. The van der Waals surface area contributed by atoms with E-state index in [1.54, 1.807) is 0 Å². The quantitative estimate of drug-likeness (QED) is 0.691. The molecule has 3 rings (SSSR count). The standard InChI is InChI=1S/C18H18NOP/c19-20-17-13-7-8-14-18(17)21(15-9-3-1-4-10-15)16-11-5-2-6-12-16/h1,3-5,7-14H,2,6,19H2. The van der Waals surface area contributed by atoms with Gasteiger partial charge in [-0.15, -0.1) is 0 Å². The fourth-order valence-corrected chi connectivity index (χ4v) is 4.98. The average Bonchev–Trinajstić information content (AvgIpc) is 2.58. The zero-order valence-corrected chi connectivity index (χ0v) is 12.7. The number of benzene rings is 2. The third-order valence-corrected chi connectivity index (χ3v) is 5.99. The molecule has 0 saturated heterocycles. The molecule has 0 saturated carbocycles. The zero-order chi connectivity index (χ0) is 14.5. The molecular weight excluding hydrogens is 277 g/mol. The van der Waals surface area contributed by atoms with Crippen molar-refractivity contribution in [1.29, 1.82) is 0 Å². The molecule has 2 aromatic carbocycles. The molecular formula is C18H18NOP. The number of para-hydroxylation sites is 1. The van der Waals surface area contributed by atoms with Gasteiger partial charge in [-0.2, -0.15) is 5.90 Å². The summed E-state index contributed by atoms with van der Waals surface area (Å²) in [5, 5.41) is 3.85. The number of rotatable bonds is 4. The van der Waals surface area contributed by atoms with Crippen LogP contribution in [0.25, 0.3) is 0 Å². The second-order valence-corrected chi connectivity index (χ2v) is 7.05. The van der Waals surface area contributed by atoms with Gasteiger partial charge in [-0.05, 0) is 37.4 Å². The van der Waals surface area contributed by atoms with Gasteiger partial charge < -0.3 is 4.84 Å². The summed E-state index contributed by atoms with van der Waals surface area (Å²) >= 11 is 0. The minimum absolute atomic E-state index is 0.626. The largest absolute Gasteiger partial charge is 0.411 e. The summed E-state index contributed by atoms with van der Waals surface area (Å²) < 4.78 is 0. The van der Waals surface area contributed by atoms with Crippen LogP contribution in [-0.2, 0) is 0 Å². The maximum atomic E-state index is 5.47. The van der Waals surface area contributed by atoms with Crippen molar-refractivity contribution in [2.45, 2.75) is 12.8 Å². The molecule has 21 heavy (non-hydrogen) atoms. The molecule has 1 unspecified atom stereocenters. The van der Waals surface area contributed by atoms with Gasteiger partial charge >= 0.3 is 0 Å². The van der Waals surface area contributed by atoms with E-state index in [1.807, 2.05) is 24.3 Å². The lowest BCUT2D eigenvalue weighted by Gasteiger charge is -2.23. The fraction of sp³-hybridized carbons (Fsp3) is 0.111. The van der Waals surface area contributed by atoms with E-state index in [2.05, 4.69) is 48.6 Å². The molecule has 0 aliphatic heterocycles. The van der Waals surface area contributed by atoms with Crippen molar-refractivity contribution in [3.63, 3.8) is 0 Å². The Kier molecular flexibility index (Phi) is 4.49. The molecule has 3 heteroatoms. The van der Waals surface area contributed by atoms with Crippen molar-refractivity contribution in [1.82, 2.24) is 0 Å². The van der Waals surface area contributed by atoms with E-state index in [-0.39, 0.29) is 0 Å². The number of nitrogens with two attached hydrogens (primary N) is 1. The van der Waals surface area contributed by atoms with E-state index in [1.165, 1.54) is 15.9 Å². The number of hydrogen-bond acceptors (Lipinski definition) is 2. The summed E-state index contributed by atoms with van der Waals surface area (Å²) in [7, 11) is -0.626. The molecule has 0 bridgehead atoms. The van der Waals surface area contributed by atoms with E-state index in [9.17, 15) is 0 Å². The van der Waals surface area contributed by atoms with E-state index in [0.717, 1.165) is 18.6 Å². The monoisotopic (exact) mass is 295 g/mol. The van der Waals surface area contributed by atoms with Crippen molar-refractivity contribution in [2.75, 3.05) is 0 Å². The Morgan fingerprint density at radius 3 is 2.38 bits per heavy atom. The second kappa shape index (κ2) is 6.71. The van der Waals surface area contributed by atoms with Gasteiger partial charge in [0.2, 0.25) is 0 Å². The van der Waals surface area contributed by atoms with Gasteiger partial charge in [0.1, 0.15) is 0 Å². The van der Waals surface area contributed by atoms with Gasteiger partial charge in [0.25, 0.3) is 0 Å². The molecule has 0 heterocycles. The summed E-state index contributed by atoms with van der Waals surface area (Å²) in [6.07, 6.45) is 9.06. The van der Waals surface area contributed by atoms with Crippen LogP contribution < -0.4 is 21.3 Å². The molecule has 0 fully saturated rings. The van der Waals surface area contributed by atoms with Crippen LogP contribution in [0.2, 0.25) is 0 Å². The molecule has 0 aromatic heterocycles. The third-order valence-electron chi connectivity index (χ3n) is 3.48. The fourth-order valence-electron chi connectivity index (χ4n) is 2.51. The lowest BCUT2D eigenvalue weighted by Crippen LogP contribution is -2.18. The first-order valence-corrected chi connectivity index (χ1v) is 8.42. The van der Waals surface area contributed by atoms with Crippen LogP contribution in [0.5, 0.6) is 5.75 Å². The van der Waals surface area contributed by atoms with Gasteiger partial charge in [0.15, 0.2) is 5.75 Å². The zero-order valence-electron chi connectivity index (χ0n) is 11.8. The van der Waals surface area contributed by atoms with Crippen LogP contribution in [0.15, 0.2) is 78.1 Å². The smallest absolute Gasteiger partial charge is 0.155 e. The first-order valence-electron chi connectivity index (χ1n) is 7.08. The lowest BCUT2D eigenvalue weighted by molar-refractivity contribution is 0.337. The Hall–Kier alpha value is -1.89. The molecule has 1 atom stereocenters. The highest BCUT2D eigenvalue weighted by Crippen LogP contribution is 2.46. The Morgan fingerprint density at radius 1 is 0.905 bits per heavy atom. The van der Waals surface area contributed by atoms with Gasteiger partial charge in [-0.25, -0.2) is 0 Å². The molecule has 2 N–H and O–H groups in total. The summed E-state index contributed by atoms with van der Waals surface area (Å²) in [5.74, 6) is 6.23. The van der Waals surface area contributed by atoms with Crippen molar-refractivity contribution in [3.05, 3.63) is 78.1 Å². The molecule has 2 aromatic rings. The molecule has 1 aliphatic rings. The van der Waals surface area contributed by atoms with Crippen LogP contribution >= 0.6 is 7.92 Å². The maximum absolute atomic E-state index is 5.47. The second-order valence-electron chi connectivity index (χ2n) is 4.87. The minimum Gasteiger partial charge on any atom is -0.411 e. The normalized spacial score (nSPS) is 15.4. The predicted octanol–water partition coefficient (Wildman–Crippen LogP) is 3.61. The molecule has 0 amide bonds. The highest BCUT2D eigenvalue weighted by molar-refractivity contribution is 7.77. The molecule has 2 nitrogen and oxygen atoms in total. The molecule has 106 valence electrons. The highest BCUT2D eigenvalue weighted by atomic mass is 31.1. The van der Waals surface area contributed by atoms with E-state index >= 15 is 0 Å². The summed E-state index contributed by atoms with van der Waals surface area (Å²) in [5.41, 5.74) is 0. The topological polar surface area (TPSA) is 35.2 Å². The first-order chi connectivity index (χ1) is 10.4. The van der Waals surface area contributed by atoms with Crippen LogP contribution in [0.4, 0.5) is 0 Å². The van der Waals surface area contributed by atoms with Gasteiger partial charge in [0, 0.05) is 5.30 Å². The van der Waals surface area contributed by atoms with E-state index in [0.29, 0.717) is 0 Å². The molecule has 0 spiro atoms. The van der Waals surface area contributed by atoms with Crippen LogP contribution in [0, 0.1) is 0 Å². The Bertz CT molecular complexity index is 664. The maximum Gasteiger partial charge on any atom is 0.155 e. The van der Waals surface area contributed by atoms with Crippen molar-refractivity contribution in [3.8, 4) is 5.75 Å². The minimum atomic E-state index is -0.626. The van der Waals surface area contributed by atoms with Gasteiger partial charge in [0.05, 0.1) is 0 Å². The summed E-state index contributed by atoms with van der Waals surface area (Å²) in [4.78, 5) is 5.10. The Labute approximate surface area is 126 Å². The number of allylic oxidation sites excluding steroid dienone is 4. The lowest BCUT2D eigenvalue weighted by atomic mass is 10.2. The molecule has 1 aliphatic carbocycles. The van der Waals surface area contributed by atoms with Crippen LogP contribution in [0.1, 0.15) is 12.8 Å². The highest BCUT2D eigenvalue weighted by Gasteiger charge is 2.21. The van der Waals surface area contributed by atoms with Gasteiger partial charge in [-0.3, -0.25) is 0 Å². The Morgan fingerprint density at radius 2 is 1.67 bits per heavy atom. The van der Waals surface area contributed by atoms with E-state index < -0.39 is 7.92 Å². The summed E-state index contributed by atoms with van der Waals surface area (Å²) in [6.45, 7) is 0. The first kappa shape index (κ1) is 14.1. The predicted molar refractivity (Wildman–Crippen MR) is 90.3 cm³/mol. The third kappa shape index (κ3) is 3.07. The van der Waals surface area contributed by atoms with Crippen LogP contribution in [0.3, 0.4) is 0 Å². The van der Waals surface area contributed by atoms with Crippen molar-refractivity contribution in [2.24, 2.45) is 5.90 Å². The molecule has 0 radical (unpaired) electrons. The van der Waals surface area contributed by atoms with Crippen molar-refractivity contribution < 1.29 is 4.84 Å². The van der Waals surface area contributed by atoms with Crippen LogP contribution in [-0.4, -0.2) is 0 Å². The Balaban J connectivity index is 2.12. The van der Waals surface area contributed by atoms with E-state index in [4.69, 9.17) is 10.7 Å². The van der Waals surface area contributed by atoms with Crippen molar-refractivity contribution >= 4 is 18.5 Å². The van der Waals surface area contributed by atoms with Gasteiger partial charge in [-0.1, -0.05) is 66.8 Å². The average molecular weight is 295 g/mol. The number of hydrogen-bond donors (Lipinski definition) is 1.